The maximum Gasteiger partial charge on any atom is 0.416 e. The fourth-order valence-corrected chi connectivity index (χ4v) is 5.35. The Morgan fingerprint density at radius 1 is 1.08 bits per heavy atom. The zero-order valence-electron chi connectivity index (χ0n) is 20.5. The Kier molecular flexibility index (Phi) is 8.66. The van der Waals surface area contributed by atoms with Crippen LogP contribution in [-0.2, 0) is 15.7 Å². The van der Waals surface area contributed by atoms with Crippen LogP contribution >= 0.6 is 21.8 Å². The van der Waals surface area contributed by atoms with Gasteiger partial charge < -0.3 is 9.47 Å². The summed E-state index contributed by atoms with van der Waals surface area (Å²) in [6.45, 7) is 3.02. The third kappa shape index (κ3) is 6.55. The molecule has 3 aromatic rings. The first-order chi connectivity index (χ1) is 18.2. The van der Waals surface area contributed by atoms with Crippen LogP contribution in [0.5, 0.6) is 11.5 Å². The summed E-state index contributed by atoms with van der Waals surface area (Å²) >= 11 is 5.89. The predicted molar refractivity (Wildman–Crippen MR) is 138 cm³/mol. The molecule has 0 bridgehead atoms. The molecule has 0 aliphatic carbocycles. The number of hydrogen-bond acceptors (Lipinski definition) is 8. The lowest BCUT2D eigenvalue weighted by Crippen LogP contribution is -2.28. The Hall–Kier alpha value is -3.97. The lowest BCUT2D eigenvalue weighted by atomic mass is 10.1. The van der Waals surface area contributed by atoms with Crippen molar-refractivity contribution in [2.45, 2.75) is 31.0 Å². The van der Waals surface area contributed by atoms with Crippen molar-refractivity contribution in [3.05, 3.63) is 97.4 Å². The van der Waals surface area contributed by atoms with E-state index in [0.29, 0.717) is 11.0 Å². The van der Waals surface area contributed by atoms with Crippen LogP contribution in [0.3, 0.4) is 0 Å². The highest BCUT2D eigenvalue weighted by Gasteiger charge is 2.37. The van der Waals surface area contributed by atoms with Gasteiger partial charge in [-0.15, -0.1) is 4.91 Å². The molecule has 0 heterocycles. The largest absolute Gasteiger partial charge is 0.456 e. The smallest absolute Gasteiger partial charge is 0.416 e. The van der Waals surface area contributed by atoms with Crippen molar-refractivity contribution in [2.24, 2.45) is 4.58 Å². The summed E-state index contributed by atoms with van der Waals surface area (Å²) < 4.78 is 52.4. The second-order valence-electron chi connectivity index (χ2n) is 8.31. The maximum absolute atomic E-state index is 13.1. The van der Waals surface area contributed by atoms with Crippen molar-refractivity contribution in [3.8, 4) is 11.5 Å². The van der Waals surface area contributed by atoms with E-state index in [1.807, 2.05) is 6.92 Å². The number of nitro groups is 1. The third-order valence-electron chi connectivity index (χ3n) is 5.51. The molecule has 0 aliphatic heterocycles. The van der Waals surface area contributed by atoms with E-state index in [4.69, 9.17) is 21.1 Å². The van der Waals surface area contributed by atoms with E-state index in [0.717, 1.165) is 35.9 Å². The summed E-state index contributed by atoms with van der Waals surface area (Å²) in [4.78, 5) is 48.8. The average molecular weight is 585 g/mol. The van der Waals surface area contributed by atoms with Crippen LogP contribution in [0.15, 0.2) is 70.1 Å². The number of ether oxygens (including phenoxy) is 2. The molecule has 0 amide bonds. The van der Waals surface area contributed by atoms with Gasteiger partial charge in [0.15, 0.2) is 6.10 Å². The molecule has 0 aliphatic rings. The molecule has 3 aromatic carbocycles. The van der Waals surface area contributed by atoms with Crippen molar-refractivity contribution in [2.75, 3.05) is 6.26 Å². The van der Waals surface area contributed by atoms with Gasteiger partial charge in [-0.2, -0.15) is 13.2 Å². The number of nitrogens with zero attached hydrogens (tertiary/aromatic N) is 2. The molecule has 0 fully saturated rings. The molecule has 39 heavy (non-hydrogen) atoms. The fraction of sp³-hybridized carbons (Fsp3) is 0.200. The summed E-state index contributed by atoms with van der Waals surface area (Å²) in [7, 11) is -2.97. The van der Waals surface area contributed by atoms with Crippen LogP contribution < -0.4 is 4.74 Å². The van der Waals surface area contributed by atoms with Crippen LogP contribution in [-0.4, -0.2) is 28.4 Å². The molecule has 2 unspecified atom stereocenters. The lowest BCUT2D eigenvalue weighted by molar-refractivity contribution is -0.385. The number of benzene rings is 3. The highest BCUT2D eigenvalue weighted by atomic mass is 35.5. The van der Waals surface area contributed by atoms with E-state index in [1.54, 1.807) is 24.3 Å². The van der Waals surface area contributed by atoms with Gasteiger partial charge in [-0.3, -0.25) is 14.9 Å². The molecule has 14 heteroatoms. The molecular weight excluding hydrogens is 565 g/mol. The van der Waals surface area contributed by atoms with Crippen LogP contribution in [0.1, 0.15) is 28.4 Å². The predicted octanol–water partition coefficient (Wildman–Crippen LogP) is 7.61. The number of rotatable bonds is 8. The number of carbonyl (C=O) groups excluding carboxylic acids is 2. The molecule has 3 rings (SSSR count). The number of alkyl halides is 3. The molecule has 9 nitrogen and oxygen atoms in total. The Bertz CT molecular complexity index is 1450. The van der Waals surface area contributed by atoms with Gasteiger partial charge in [0.25, 0.3) is 5.69 Å². The molecule has 0 radical (unpaired) electrons. The highest BCUT2D eigenvalue weighted by molar-refractivity contribution is 8.43. The first kappa shape index (κ1) is 29.6. The van der Waals surface area contributed by atoms with Crippen molar-refractivity contribution in [1.29, 1.82) is 0 Å². The summed E-state index contributed by atoms with van der Waals surface area (Å²) in [6.07, 6.45) is -4.82. The third-order valence-corrected chi connectivity index (χ3v) is 8.41. The monoisotopic (exact) mass is 584 g/mol. The van der Waals surface area contributed by atoms with E-state index < -0.39 is 60.3 Å². The average Bonchev–Trinajstić information content (AvgIpc) is 2.88. The zero-order chi connectivity index (χ0) is 29.1. The molecule has 206 valence electrons. The quantitative estimate of drug-likeness (QED) is 0.115. The summed E-state index contributed by atoms with van der Waals surface area (Å²) in [6, 6.07) is 11.8. The number of hydrogen-bond donors (Lipinski definition) is 0. The minimum Gasteiger partial charge on any atom is -0.456 e. The van der Waals surface area contributed by atoms with E-state index in [1.165, 1.54) is 13.2 Å². The van der Waals surface area contributed by atoms with E-state index in [9.17, 15) is 37.8 Å². The van der Waals surface area contributed by atoms with Crippen LogP contribution in [0.4, 0.5) is 18.9 Å². The first-order valence-electron chi connectivity index (χ1n) is 10.9. The molecule has 0 aromatic heterocycles. The summed E-state index contributed by atoms with van der Waals surface area (Å²) in [5.41, 5.74) is -1.43. The minimum atomic E-state index is -4.64. The Balaban J connectivity index is 1.88. The maximum atomic E-state index is 13.1. The van der Waals surface area contributed by atoms with Crippen molar-refractivity contribution in [1.82, 2.24) is 0 Å². The second-order valence-corrected chi connectivity index (χ2v) is 11.5. The van der Waals surface area contributed by atoms with Gasteiger partial charge in [0, 0.05) is 17.0 Å². The molecule has 0 saturated heterocycles. The van der Waals surface area contributed by atoms with Crippen molar-refractivity contribution in [3.63, 3.8) is 0 Å². The van der Waals surface area contributed by atoms with E-state index in [2.05, 4.69) is 4.58 Å². The first-order valence-corrected chi connectivity index (χ1v) is 13.3. The van der Waals surface area contributed by atoms with E-state index >= 15 is 0 Å². The van der Waals surface area contributed by atoms with Crippen LogP contribution in [0.2, 0.25) is 5.02 Å². The van der Waals surface area contributed by atoms with Gasteiger partial charge in [-0.05, 0) is 71.3 Å². The number of aryl methyl sites for hydroxylation is 1. The van der Waals surface area contributed by atoms with Gasteiger partial charge in [0.1, 0.15) is 17.1 Å². The van der Waals surface area contributed by atoms with E-state index in [-0.39, 0.29) is 11.5 Å². The number of nitroso groups, excluding NO2 is 1. The molecule has 0 saturated carbocycles. The molecule has 0 spiro atoms. The Morgan fingerprint density at radius 2 is 1.72 bits per heavy atom. The van der Waals surface area contributed by atoms with Gasteiger partial charge >= 0.3 is 12.1 Å². The molecular formula is C25H20ClF3N2O7S. The van der Waals surface area contributed by atoms with Crippen LogP contribution in [0, 0.1) is 21.9 Å². The second kappa shape index (κ2) is 11.4. The summed E-state index contributed by atoms with van der Waals surface area (Å²) in [5, 5.41) is 10.3. The minimum absolute atomic E-state index is 0.183. The topological polar surface area (TPSA) is 125 Å². The van der Waals surface area contributed by atoms with Gasteiger partial charge in [-0.25, -0.2) is 4.79 Å². The standard InChI is InChI=1S/C25H20ClF3N2O7S/c1-14-4-8-18(9-5-14)39(3,30-34)24(33)15(2)37-23(32)19-13-17(7-10-21(19)31(35)36)38-22-11-6-16(12-20(22)26)25(27,28)29/h4-13,15H,1-3H3. The highest BCUT2D eigenvalue weighted by Crippen LogP contribution is 2.55. The SMILES string of the molecule is Cc1ccc(S(C)(N=O)C(=O)C(C)OC(=O)c2cc(Oc3ccc(C(F)(F)F)cc3Cl)ccc2[N+](=O)[O-])cc1. The number of halogens is 4. The van der Waals surface area contributed by atoms with Crippen molar-refractivity contribution >= 4 is 38.6 Å². The summed E-state index contributed by atoms with van der Waals surface area (Å²) in [5.74, 6) is -1.67. The zero-order valence-corrected chi connectivity index (χ0v) is 22.1. The number of nitro benzene ring substituents is 1. The number of carbonyl (C=O) groups is 2. The molecule has 2 atom stereocenters. The van der Waals surface area contributed by atoms with Crippen molar-refractivity contribution < 1.29 is 37.2 Å². The van der Waals surface area contributed by atoms with Gasteiger partial charge in [-0.1, -0.05) is 29.3 Å². The Labute approximate surface area is 226 Å². The number of esters is 1. The van der Waals surface area contributed by atoms with Gasteiger partial charge in [0.2, 0.25) is 5.12 Å². The fourth-order valence-electron chi connectivity index (χ4n) is 3.38. The normalized spacial score (nSPS) is 14.4. The van der Waals surface area contributed by atoms with Crippen LogP contribution in [0.25, 0.3) is 0 Å². The Morgan fingerprint density at radius 3 is 2.26 bits per heavy atom. The van der Waals surface area contributed by atoms with Gasteiger partial charge in [0.05, 0.1) is 15.5 Å². The molecule has 0 N–H and O–H groups in total. The lowest BCUT2D eigenvalue weighted by Gasteiger charge is -2.28.